The third-order valence-electron chi connectivity index (χ3n) is 6.38. The highest BCUT2D eigenvalue weighted by Gasteiger charge is 2.13. The van der Waals surface area contributed by atoms with Crippen molar-refractivity contribution in [3.8, 4) is 11.5 Å². The van der Waals surface area contributed by atoms with Gasteiger partial charge in [-0.3, -0.25) is 4.79 Å². The molecule has 0 radical (unpaired) electrons. The van der Waals surface area contributed by atoms with Gasteiger partial charge in [0.15, 0.2) is 11.5 Å². The number of methoxy groups -OCH3 is 1. The van der Waals surface area contributed by atoms with Gasteiger partial charge >= 0.3 is 0 Å². The first-order chi connectivity index (χ1) is 17.7. The van der Waals surface area contributed by atoms with Crippen LogP contribution in [0.2, 0.25) is 0 Å². The molecule has 1 amide bonds. The Morgan fingerprint density at radius 1 is 0.917 bits per heavy atom. The summed E-state index contributed by atoms with van der Waals surface area (Å²) >= 11 is 0. The summed E-state index contributed by atoms with van der Waals surface area (Å²) in [7, 11) is 1.60. The van der Waals surface area contributed by atoms with E-state index in [-0.39, 0.29) is 5.91 Å². The summed E-state index contributed by atoms with van der Waals surface area (Å²) in [5, 5.41) is 6.50. The molecule has 4 aromatic rings. The van der Waals surface area contributed by atoms with E-state index >= 15 is 0 Å². The SMILES string of the molecule is COc1cc(/C=N\NC(=O)c2ccc(N3CCCC3)cc2)ccc1OCc1ccc2ccccc2c1. The molecule has 0 unspecified atom stereocenters. The van der Waals surface area contributed by atoms with Crippen molar-refractivity contribution in [2.45, 2.75) is 19.4 Å². The number of rotatable bonds is 8. The number of nitrogens with one attached hydrogen (secondary N) is 1. The molecule has 0 bridgehead atoms. The first-order valence-corrected chi connectivity index (χ1v) is 12.2. The van der Waals surface area contributed by atoms with E-state index in [4.69, 9.17) is 9.47 Å². The number of hydrogen-bond donors (Lipinski definition) is 1. The first kappa shape index (κ1) is 23.4. The normalized spacial score (nSPS) is 13.3. The number of carbonyl (C=O) groups excluding carboxylic acids is 1. The van der Waals surface area contributed by atoms with E-state index in [0.717, 1.165) is 29.9 Å². The van der Waals surface area contributed by atoms with Crippen molar-refractivity contribution in [3.63, 3.8) is 0 Å². The number of nitrogens with zero attached hydrogens (tertiary/aromatic N) is 2. The molecule has 0 aliphatic carbocycles. The Kier molecular flexibility index (Phi) is 7.12. The average Bonchev–Trinajstić information content (AvgIpc) is 3.47. The zero-order chi connectivity index (χ0) is 24.7. The van der Waals surface area contributed by atoms with Crippen LogP contribution in [0.25, 0.3) is 10.8 Å². The van der Waals surface area contributed by atoms with Gasteiger partial charge in [-0.05, 0) is 83.3 Å². The summed E-state index contributed by atoms with van der Waals surface area (Å²) in [6, 6.07) is 27.8. The number of benzene rings is 4. The second kappa shape index (κ2) is 11.0. The molecule has 6 heteroatoms. The Hall–Kier alpha value is -4.32. The minimum atomic E-state index is -0.249. The van der Waals surface area contributed by atoms with Crippen LogP contribution in [0.5, 0.6) is 11.5 Å². The average molecular weight is 480 g/mol. The fourth-order valence-corrected chi connectivity index (χ4v) is 4.40. The standard InChI is InChI=1S/C30H29N3O3/c1-35-29-19-22(9-15-28(29)36-21-23-8-10-24-6-2-3-7-26(24)18-23)20-31-32-30(34)25-11-13-27(14-12-25)33-16-4-5-17-33/h2-3,6-15,18-20H,4-5,16-17,21H2,1H3,(H,32,34)/b31-20-. The lowest BCUT2D eigenvalue weighted by atomic mass is 10.1. The van der Waals surface area contributed by atoms with Gasteiger partial charge in [0, 0.05) is 24.3 Å². The fourth-order valence-electron chi connectivity index (χ4n) is 4.40. The van der Waals surface area contributed by atoms with Crippen LogP contribution in [0, 0.1) is 0 Å². The van der Waals surface area contributed by atoms with E-state index in [1.165, 1.54) is 23.6 Å². The second-order valence-corrected chi connectivity index (χ2v) is 8.82. The van der Waals surface area contributed by atoms with Crippen LogP contribution in [0.3, 0.4) is 0 Å². The van der Waals surface area contributed by atoms with Gasteiger partial charge in [-0.15, -0.1) is 0 Å². The monoisotopic (exact) mass is 479 g/mol. The molecule has 4 aromatic carbocycles. The smallest absolute Gasteiger partial charge is 0.271 e. The van der Waals surface area contributed by atoms with Crippen LogP contribution in [0.1, 0.15) is 34.3 Å². The minimum Gasteiger partial charge on any atom is -0.493 e. The number of ether oxygens (including phenoxy) is 2. The van der Waals surface area contributed by atoms with Crippen LogP contribution in [0.4, 0.5) is 5.69 Å². The summed E-state index contributed by atoms with van der Waals surface area (Å²) in [5.41, 5.74) is 6.19. The molecule has 6 nitrogen and oxygen atoms in total. The Labute approximate surface area is 211 Å². The van der Waals surface area contributed by atoms with Crippen LogP contribution < -0.4 is 19.8 Å². The van der Waals surface area contributed by atoms with E-state index in [0.29, 0.717) is 23.7 Å². The fraction of sp³-hybridized carbons (Fsp3) is 0.200. The highest BCUT2D eigenvalue weighted by Crippen LogP contribution is 2.29. The molecule has 0 spiro atoms. The largest absolute Gasteiger partial charge is 0.493 e. The van der Waals surface area contributed by atoms with Crippen molar-refractivity contribution in [2.75, 3.05) is 25.1 Å². The van der Waals surface area contributed by atoms with Crippen molar-refractivity contribution < 1.29 is 14.3 Å². The number of carbonyl (C=O) groups is 1. The molecule has 1 saturated heterocycles. The molecule has 0 atom stereocenters. The minimum absolute atomic E-state index is 0.249. The van der Waals surface area contributed by atoms with E-state index in [9.17, 15) is 4.79 Å². The lowest BCUT2D eigenvalue weighted by Gasteiger charge is -2.17. The molecule has 5 rings (SSSR count). The second-order valence-electron chi connectivity index (χ2n) is 8.82. The highest BCUT2D eigenvalue weighted by atomic mass is 16.5. The summed E-state index contributed by atoms with van der Waals surface area (Å²) in [6.07, 6.45) is 4.03. The molecule has 1 N–H and O–H groups in total. The quantitative estimate of drug-likeness (QED) is 0.257. The number of amides is 1. The summed E-state index contributed by atoms with van der Waals surface area (Å²) in [4.78, 5) is 14.8. The Morgan fingerprint density at radius 3 is 2.47 bits per heavy atom. The topological polar surface area (TPSA) is 63.2 Å². The van der Waals surface area contributed by atoms with Gasteiger partial charge < -0.3 is 14.4 Å². The van der Waals surface area contributed by atoms with E-state index in [1.54, 1.807) is 13.3 Å². The zero-order valence-corrected chi connectivity index (χ0v) is 20.3. The third kappa shape index (κ3) is 5.49. The molecule has 1 aliphatic heterocycles. The van der Waals surface area contributed by atoms with Gasteiger partial charge in [0.25, 0.3) is 5.91 Å². The highest BCUT2D eigenvalue weighted by molar-refractivity contribution is 5.95. The molecule has 182 valence electrons. The molecule has 0 aromatic heterocycles. The molecule has 36 heavy (non-hydrogen) atoms. The van der Waals surface area contributed by atoms with Crippen LogP contribution >= 0.6 is 0 Å². The number of fused-ring (bicyclic) bond motifs is 1. The number of hydrogen-bond acceptors (Lipinski definition) is 5. The zero-order valence-electron chi connectivity index (χ0n) is 20.3. The predicted molar refractivity (Wildman–Crippen MR) is 144 cm³/mol. The molecule has 0 saturated carbocycles. The van der Waals surface area contributed by atoms with Gasteiger partial charge in [0.2, 0.25) is 0 Å². The first-order valence-electron chi connectivity index (χ1n) is 12.2. The summed E-state index contributed by atoms with van der Waals surface area (Å²) in [6.45, 7) is 2.58. The van der Waals surface area contributed by atoms with Crippen molar-refractivity contribution >= 4 is 28.6 Å². The summed E-state index contributed by atoms with van der Waals surface area (Å²) in [5.74, 6) is 0.995. The van der Waals surface area contributed by atoms with Crippen molar-refractivity contribution in [2.24, 2.45) is 5.10 Å². The van der Waals surface area contributed by atoms with E-state index in [2.05, 4.69) is 45.8 Å². The van der Waals surface area contributed by atoms with Crippen LogP contribution in [0.15, 0.2) is 90.0 Å². The Morgan fingerprint density at radius 2 is 1.69 bits per heavy atom. The Bertz CT molecular complexity index is 1380. The molecular formula is C30H29N3O3. The van der Waals surface area contributed by atoms with Crippen molar-refractivity contribution in [1.29, 1.82) is 0 Å². The van der Waals surface area contributed by atoms with Gasteiger partial charge in [0.1, 0.15) is 6.61 Å². The van der Waals surface area contributed by atoms with Crippen LogP contribution in [-0.4, -0.2) is 32.3 Å². The predicted octanol–water partition coefficient (Wildman–Crippen LogP) is 5.79. The number of hydrazone groups is 1. The molecule has 1 heterocycles. The number of anilines is 1. The van der Waals surface area contributed by atoms with Crippen LogP contribution in [-0.2, 0) is 6.61 Å². The molecule has 1 fully saturated rings. The maximum atomic E-state index is 12.5. The van der Waals surface area contributed by atoms with Gasteiger partial charge in [-0.2, -0.15) is 5.10 Å². The lowest BCUT2D eigenvalue weighted by molar-refractivity contribution is 0.0955. The molecule has 1 aliphatic rings. The van der Waals surface area contributed by atoms with E-state index in [1.807, 2.05) is 54.6 Å². The lowest BCUT2D eigenvalue weighted by Crippen LogP contribution is -2.19. The van der Waals surface area contributed by atoms with E-state index < -0.39 is 0 Å². The Balaban J connectivity index is 1.18. The third-order valence-corrected chi connectivity index (χ3v) is 6.38. The van der Waals surface area contributed by atoms with Gasteiger partial charge in [0.05, 0.1) is 13.3 Å². The summed E-state index contributed by atoms with van der Waals surface area (Å²) < 4.78 is 11.5. The van der Waals surface area contributed by atoms with Gasteiger partial charge in [-0.25, -0.2) is 5.43 Å². The maximum absolute atomic E-state index is 12.5. The van der Waals surface area contributed by atoms with Crippen molar-refractivity contribution in [1.82, 2.24) is 5.43 Å². The van der Waals surface area contributed by atoms with Crippen molar-refractivity contribution in [3.05, 3.63) is 102 Å². The van der Waals surface area contributed by atoms with Gasteiger partial charge in [-0.1, -0.05) is 36.4 Å². The maximum Gasteiger partial charge on any atom is 0.271 e. The molecular weight excluding hydrogens is 450 g/mol.